The maximum absolute atomic E-state index is 9.03. The molecule has 2 heteroatoms. The minimum Gasteiger partial charge on any atom is -0.192 e. The molecule has 0 radical (unpaired) electrons. The summed E-state index contributed by atoms with van der Waals surface area (Å²) >= 11 is 1.63. The first-order valence-electron chi connectivity index (χ1n) is 6.24. The Morgan fingerprint density at radius 1 is 1.22 bits per heavy atom. The Hall–Kier alpha value is -1.59. The van der Waals surface area contributed by atoms with E-state index >= 15 is 0 Å². The molecule has 0 unspecified atom stereocenters. The number of nitriles is 1. The molecule has 1 nitrogen and oxygen atoms in total. The van der Waals surface area contributed by atoms with Crippen LogP contribution in [0.5, 0.6) is 0 Å². The topological polar surface area (TPSA) is 23.8 Å². The molecule has 2 aliphatic rings. The molecule has 0 aromatic carbocycles. The highest BCUT2D eigenvalue weighted by Crippen LogP contribution is 2.40. The van der Waals surface area contributed by atoms with Crippen LogP contribution in [0.3, 0.4) is 0 Å². The molecule has 0 saturated carbocycles. The second-order valence-electron chi connectivity index (χ2n) is 5.50. The highest BCUT2D eigenvalue weighted by atomic mass is 32.1. The lowest BCUT2D eigenvalue weighted by atomic mass is 9.91. The molecule has 1 aromatic heterocycles. The van der Waals surface area contributed by atoms with E-state index in [9.17, 15) is 0 Å². The number of thiophene rings is 1. The third-order valence-electron chi connectivity index (χ3n) is 3.57. The van der Waals surface area contributed by atoms with E-state index in [2.05, 4.69) is 50.3 Å². The number of hydrogen-bond acceptors (Lipinski definition) is 2. The standard InChI is InChI=1S/C16H15NS/c1-16(2)7-5-11-3-4-12-9-13(10-17)18-15(12)14(11)6-8-16/h5-9H,3-4H2,1-2H3. The van der Waals surface area contributed by atoms with Gasteiger partial charge in [0.05, 0.1) is 0 Å². The number of rotatable bonds is 0. The van der Waals surface area contributed by atoms with Gasteiger partial charge in [-0.3, -0.25) is 0 Å². The molecule has 3 rings (SSSR count). The zero-order valence-electron chi connectivity index (χ0n) is 10.7. The summed E-state index contributed by atoms with van der Waals surface area (Å²) in [5, 5.41) is 9.03. The SMILES string of the molecule is CC1(C)C=CC2=C(C=C1)c1sc(C#N)cc1CC2. The maximum Gasteiger partial charge on any atom is 0.110 e. The third kappa shape index (κ3) is 1.85. The Morgan fingerprint density at radius 3 is 2.78 bits per heavy atom. The van der Waals surface area contributed by atoms with Crippen molar-refractivity contribution in [2.75, 3.05) is 0 Å². The van der Waals surface area contributed by atoms with Gasteiger partial charge in [0.2, 0.25) is 0 Å². The van der Waals surface area contributed by atoms with Gasteiger partial charge in [0, 0.05) is 10.3 Å². The van der Waals surface area contributed by atoms with Crippen molar-refractivity contribution in [1.29, 1.82) is 5.26 Å². The molecule has 90 valence electrons. The number of aryl methyl sites for hydroxylation is 1. The molecule has 0 fully saturated rings. The van der Waals surface area contributed by atoms with Gasteiger partial charge in [0.25, 0.3) is 0 Å². The number of nitrogens with zero attached hydrogens (tertiary/aromatic N) is 1. The van der Waals surface area contributed by atoms with Gasteiger partial charge in [-0.2, -0.15) is 5.26 Å². The van der Waals surface area contributed by atoms with Gasteiger partial charge < -0.3 is 0 Å². The van der Waals surface area contributed by atoms with E-state index in [0.717, 1.165) is 17.7 Å². The van der Waals surface area contributed by atoms with Crippen molar-refractivity contribution in [3.05, 3.63) is 51.3 Å². The second kappa shape index (κ2) is 3.96. The molecule has 2 aliphatic carbocycles. The fourth-order valence-electron chi connectivity index (χ4n) is 2.47. The summed E-state index contributed by atoms with van der Waals surface area (Å²) in [5.74, 6) is 0. The lowest BCUT2D eigenvalue weighted by molar-refractivity contribution is 0.627. The number of hydrogen-bond donors (Lipinski definition) is 0. The van der Waals surface area contributed by atoms with Crippen molar-refractivity contribution in [1.82, 2.24) is 0 Å². The first-order valence-corrected chi connectivity index (χ1v) is 7.05. The zero-order chi connectivity index (χ0) is 12.8. The van der Waals surface area contributed by atoms with E-state index in [-0.39, 0.29) is 5.41 Å². The third-order valence-corrected chi connectivity index (χ3v) is 4.68. The fourth-order valence-corrected chi connectivity index (χ4v) is 3.54. The normalized spacial score (nSPS) is 20.1. The van der Waals surface area contributed by atoms with Crippen molar-refractivity contribution in [2.24, 2.45) is 5.41 Å². The Balaban J connectivity index is 2.14. The van der Waals surface area contributed by atoms with Gasteiger partial charge in [-0.25, -0.2) is 0 Å². The summed E-state index contributed by atoms with van der Waals surface area (Å²) in [6.45, 7) is 4.43. The molecule has 18 heavy (non-hydrogen) atoms. The summed E-state index contributed by atoms with van der Waals surface area (Å²) < 4.78 is 0. The van der Waals surface area contributed by atoms with Crippen LogP contribution in [-0.2, 0) is 6.42 Å². The van der Waals surface area contributed by atoms with E-state index in [0.29, 0.717) is 0 Å². The molecule has 0 N–H and O–H groups in total. The summed E-state index contributed by atoms with van der Waals surface area (Å²) in [6.07, 6.45) is 11.2. The average molecular weight is 253 g/mol. The lowest BCUT2D eigenvalue weighted by Gasteiger charge is -2.15. The van der Waals surface area contributed by atoms with Crippen LogP contribution in [0.15, 0.2) is 35.9 Å². The molecule has 0 spiro atoms. The van der Waals surface area contributed by atoms with Crippen molar-refractivity contribution < 1.29 is 0 Å². The summed E-state index contributed by atoms with van der Waals surface area (Å²) in [7, 11) is 0. The van der Waals surface area contributed by atoms with Crippen LogP contribution in [0.2, 0.25) is 0 Å². The van der Waals surface area contributed by atoms with Gasteiger partial charge in [-0.05, 0) is 35.6 Å². The van der Waals surface area contributed by atoms with Crippen molar-refractivity contribution in [3.63, 3.8) is 0 Å². The Kier molecular flexibility index (Phi) is 2.53. The monoisotopic (exact) mass is 253 g/mol. The van der Waals surface area contributed by atoms with Gasteiger partial charge in [0.15, 0.2) is 0 Å². The number of allylic oxidation sites excluding steroid dienone is 6. The van der Waals surface area contributed by atoms with E-state index in [1.807, 2.05) is 0 Å². The first-order chi connectivity index (χ1) is 8.59. The van der Waals surface area contributed by atoms with Gasteiger partial charge in [-0.15, -0.1) is 11.3 Å². The van der Waals surface area contributed by atoms with E-state index in [1.165, 1.54) is 21.6 Å². The molecular formula is C16H15NS. The minimum atomic E-state index is 0.118. The largest absolute Gasteiger partial charge is 0.192 e. The summed E-state index contributed by atoms with van der Waals surface area (Å²) in [6, 6.07) is 4.32. The van der Waals surface area contributed by atoms with Crippen LogP contribution in [0, 0.1) is 16.7 Å². The van der Waals surface area contributed by atoms with Crippen LogP contribution < -0.4 is 0 Å². The molecule has 0 atom stereocenters. The molecule has 0 aliphatic heterocycles. The maximum atomic E-state index is 9.03. The van der Waals surface area contributed by atoms with Crippen molar-refractivity contribution >= 4 is 16.9 Å². The van der Waals surface area contributed by atoms with Gasteiger partial charge in [0.1, 0.15) is 10.9 Å². The quantitative estimate of drug-likeness (QED) is 0.669. The molecule has 1 heterocycles. The predicted octanol–water partition coefficient (Wildman–Crippen LogP) is 4.47. The van der Waals surface area contributed by atoms with Gasteiger partial charge in [-0.1, -0.05) is 38.2 Å². The zero-order valence-corrected chi connectivity index (χ0v) is 11.5. The summed E-state index contributed by atoms with van der Waals surface area (Å²) in [5.41, 5.74) is 4.20. The molecular weight excluding hydrogens is 238 g/mol. The molecule has 0 saturated heterocycles. The van der Waals surface area contributed by atoms with Crippen LogP contribution in [-0.4, -0.2) is 0 Å². The van der Waals surface area contributed by atoms with Crippen LogP contribution in [0.25, 0.3) is 5.57 Å². The molecule has 0 amide bonds. The Morgan fingerprint density at radius 2 is 2.00 bits per heavy atom. The predicted molar refractivity (Wildman–Crippen MR) is 76.3 cm³/mol. The Bertz CT molecular complexity index is 633. The molecule has 0 bridgehead atoms. The molecule has 1 aromatic rings. The van der Waals surface area contributed by atoms with Gasteiger partial charge >= 0.3 is 0 Å². The van der Waals surface area contributed by atoms with Crippen LogP contribution in [0.4, 0.5) is 0 Å². The van der Waals surface area contributed by atoms with E-state index in [4.69, 9.17) is 5.26 Å². The summed E-state index contributed by atoms with van der Waals surface area (Å²) in [4.78, 5) is 2.13. The van der Waals surface area contributed by atoms with Crippen molar-refractivity contribution in [3.8, 4) is 6.07 Å². The number of fused-ring (bicyclic) bond motifs is 2. The smallest absolute Gasteiger partial charge is 0.110 e. The second-order valence-corrected chi connectivity index (χ2v) is 6.56. The van der Waals surface area contributed by atoms with Crippen molar-refractivity contribution in [2.45, 2.75) is 26.7 Å². The minimum absolute atomic E-state index is 0.118. The highest BCUT2D eigenvalue weighted by molar-refractivity contribution is 7.13. The lowest BCUT2D eigenvalue weighted by Crippen LogP contribution is -2.00. The fraction of sp³-hybridized carbons (Fsp3) is 0.312. The van der Waals surface area contributed by atoms with E-state index in [1.54, 1.807) is 11.3 Å². The first kappa shape index (κ1) is 11.5. The van der Waals surface area contributed by atoms with Crippen LogP contribution in [0.1, 0.15) is 35.6 Å². The van der Waals surface area contributed by atoms with E-state index < -0.39 is 0 Å². The van der Waals surface area contributed by atoms with Crippen LogP contribution >= 0.6 is 11.3 Å². The average Bonchev–Trinajstić information content (AvgIpc) is 2.70. The Labute approximate surface area is 112 Å². The highest BCUT2D eigenvalue weighted by Gasteiger charge is 2.22.